The lowest BCUT2D eigenvalue weighted by Crippen LogP contribution is -1.98. The molecule has 0 nitrogen and oxygen atoms in total. The highest BCUT2D eigenvalue weighted by atomic mass is 14.1. The first-order valence-corrected chi connectivity index (χ1v) is 13.8. The summed E-state index contributed by atoms with van der Waals surface area (Å²) >= 11 is 0. The van der Waals surface area contributed by atoms with Crippen molar-refractivity contribution in [2.45, 2.75) is 155 Å². The van der Waals surface area contributed by atoms with E-state index in [4.69, 9.17) is 0 Å². The minimum atomic E-state index is 0.875. The molecule has 2 radical (unpaired) electrons. The molecule has 176 valence electrons. The second kappa shape index (κ2) is 24.8. The molecule has 0 saturated carbocycles. The molecule has 2 atom stereocenters. The fourth-order valence-electron chi connectivity index (χ4n) is 4.38. The van der Waals surface area contributed by atoms with Gasteiger partial charge in [0.25, 0.3) is 0 Å². The van der Waals surface area contributed by atoms with Crippen LogP contribution in [0.4, 0.5) is 0 Å². The minimum absolute atomic E-state index is 0.875. The first kappa shape index (κ1) is 29.6. The lowest BCUT2D eigenvalue weighted by atomic mass is 9.93. The molecular formula is C30H56. The summed E-state index contributed by atoms with van der Waals surface area (Å²) in [6.07, 6.45) is 29.4. The Kier molecular flexibility index (Phi) is 24.5. The maximum atomic E-state index is 3.92. The van der Waals surface area contributed by atoms with Gasteiger partial charge >= 0.3 is 0 Å². The van der Waals surface area contributed by atoms with E-state index in [0.29, 0.717) is 0 Å². The van der Waals surface area contributed by atoms with Crippen LogP contribution in [0.25, 0.3) is 0 Å². The van der Waals surface area contributed by atoms with Gasteiger partial charge < -0.3 is 0 Å². The van der Waals surface area contributed by atoms with Gasteiger partial charge in [-0.2, -0.15) is 0 Å². The SMILES string of the molecule is [CH2]CCCCCCCCCCCC(CC)CCC#CCCCC(C)CCCCC[CH2]. The van der Waals surface area contributed by atoms with Crippen LogP contribution in [0.5, 0.6) is 0 Å². The first-order valence-electron chi connectivity index (χ1n) is 13.8. The fourth-order valence-corrected chi connectivity index (χ4v) is 4.38. The molecular weight excluding hydrogens is 360 g/mol. The van der Waals surface area contributed by atoms with Crippen molar-refractivity contribution >= 4 is 0 Å². The molecule has 0 saturated heterocycles. The summed E-state index contributed by atoms with van der Waals surface area (Å²) in [6.45, 7) is 12.6. The van der Waals surface area contributed by atoms with Crippen molar-refractivity contribution in [1.82, 2.24) is 0 Å². The Balaban J connectivity index is 3.51. The summed E-state index contributed by atoms with van der Waals surface area (Å²) < 4.78 is 0. The predicted molar refractivity (Wildman–Crippen MR) is 138 cm³/mol. The van der Waals surface area contributed by atoms with Gasteiger partial charge in [-0.1, -0.05) is 137 Å². The average Bonchev–Trinajstić information content (AvgIpc) is 2.75. The van der Waals surface area contributed by atoms with E-state index in [1.807, 2.05) is 0 Å². The van der Waals surface area contributed by atoms with Gasteiger partial charge in [0.15, 0.2) is 0 Å². The molecule has 0 bridgehead atoms. The smallest absolute Gasteiger partial charge is 0.00913 e. The van der Waals surface area contributed by atoms with Gasteiger partial charge in [-0.3, -0.25) is 0 Å². The van der Waals surface area contributed by atoms with E-state index in [9.17, 15) is 0 Å². The lowest BCUT2D eigenvalue weighted by molar-refractivity contribution is 0.416. The van der Waals surface area contributed by atoms with E-state index in [1.54, 1.807) is 0 Å². The van der Waals surface area contributed by atoms with Crippen molar-refractivity contribution in [2.24, 2.45) is 11.8 Å². The Hall–Kier alpha value is -0.440. The van der Waals surface area contributed by atoms with Crippen LogP contribution in [-0.2, 0) is 0 Å². The third-order valence-electron chi connectivity index (χ3n) is 6.69. The molecule has 0 aromatic heterocycles. The van der Waals surface area contributed by atoms with E-state index < -0.39 is 0 Å². The third-order valence-corrected chi connectivity index (χ3v) is 6.69. The van der Waals surface area contributed by atoms with Gasteiger partial charge in [0.05, 0.1) is 0 Å². The molecule has 0 fully saturated rings. The second-order valence-electron chi connectivity index (χ2n) is 9.69. The second-order valence-corrected chi connectivity index (χ2v) is 9.69. The van der Waals surface area contributed by atoms with E-state index in [-0.39, 0.29) is 0 Å². The van der Waals surface area contributed by atoms with Crippen LogP contribution in [0, 0.1) is 37.5 Å². The molecule has 0 spiro atoms. The average molecular weight is 417 g/mol. The van der Waals surface area contributed by atoms with Gasteiger partial charge in [-0.15, -0.1) is 11.8 Å². The summed E-state index contributed by atoms with van der Waals surface area (Å²) in [5.74, 6) is 8.68. The van der Waals surface area contributed by atoms with E-state index in [0.717, 1.165) is 37.5 Å². The Morgan fingerprint density at radius 2 is 1.00 bits per heavy atom. The van der Waals surface area contributed by atoms with Crippen LogP contribution in [0.1, 0.15) is 155 Å². The Bertz CT molecular complexity index is 371. The van der Waals surface area contributed by atoms with Gasteiger partial charge in [-0.05, 0) is 31.1 Å². The number of rotatable bonds is 22. The highest BCUT2D eigenvalue weighted by Crippen LogP contribution is 2.20. The molecule has 0 aliphatic rings. The summed E-state index contributed by atoms with van der Waals surface area (Å²) in [5.41, 5.74) is 0. The van der Waals surface area contributed by atoms with E-state index in [2.05, 4.69) is 39.5 Å². The standard InChI is InChI=1S/C30H56/c1-5-8-10-12-13-14-15-16-19-23-27-30(7-3)28-24-20-17-18-22-26-29(4)25-21-11-9-6-2/h29-30H,1-2,5-16,18-19,21-28H2,3-4H3. The molecule has 2 unspecified atom stereocenters. The van der Waals surface area contributed by atoms with Crippen LogP contribution in [0.3, 0.4) is 0 Å². The van der Waals surface area contributed by atoms with Crippen LogP contribution in [0.2, 0.25) is 0 Å². The third kappa shape index (κ3) is 22.2. The van der Waals surface area contributed by atoms with Crippen molar-refractivity contribution in [2.75, 3.05) is 0 Å². The van der Waals surface area contributed by atoms with Gasteiger partial charge in [0.1, 0.15) is 0 Å². The van der Waals surface area contributed by atoms with Crippen LogP contribution >= 0.6 is 0 Å². The van der Waals surface area contributed by atoms with Crippen LogP contribution in [-0.4, -0.2) is 0 Å². The maximum absolute atomic E-state index is 3.92. The Morgan fingerprint density at radius 3 is 1.60 bits per heavy atom. The van der Waals surface area contributed by atoms with Crippen molar-refractivity contribution in [3.05, 3.63) is 13.8 Å². The maximum Gasteiger partial charge on any atom is 0.00913 e. The van der Waals surface area contributed by atoms with Crippen molar-refractivity contribution in [1.29, 1.82) is 0 Å². The zero-order valence-electron chi connectivity index (χ0n) is 21.1. The Labute approximate surface area is 192 Å². The number of unbranched alkanes of at least 4 members (excludes halogenated alkanes) is 13. The zero-order chi connectivity index (χ0) is 22.1. The van der Waals surface area contributed by atoms with Crippen LogP contribution in [0.15, 0.2) is 0 Å². The molecule has 0 heteroatoms. The fraction of sp³-hybridized carbons (Fsp3) is 0.867. The molecule has 0 aromatic carbocycles. The topological polar surface area (TPSA) is 0 Å². The summed E-state index contributed by atoms with van der Waals surface area (Å²) in [5, 5.41) is 0. The predicted octanol–water partition coefficient (Wildman–Crippen LogP) is 10.5. The molecule has 0 amide bonds. The van der Waals surface area contributed by atoms with Crippen molar-refractivity contribution in [3.8, 4) is 11.8 Å². The molecule has 0 N–H and O–H groups in total. The monoisotopic (exact) mass is 416 g/mol. The lowest BCUT2D eigenvalue weighted by Gasteiger charge is -2.12. The van der Waals surface area contributed by atoms with Gasteiger partial charge in [0, 0.05) is 12.8 Å². The normalized spacial score (nSPS) is 13.1. The van der Waals surface area contributed by atoms with E-state index in [1.165, 1.54) is 116 Å². The molecule has 30 heavy (non-hydrogen) atoms. The molecule has 0 aliphatic heterocycles. The van der Waals surface area contributed by atoms with Crippen molar-refractivity contribution < 1.29 is 0 Å². The molecule has 0 aromatic rings. The Morgan fingerprint density at radius 1 is 0.533 bits per heavy atom. The number of hydrogen-bond donors (Lipinski definition) is 0. The van der Waals surface area contributed by atoms with Gasteiger partial charge in [0.2, 0.25) is 0 Å². The van der Waals surface area contributed by atoms with Crippen molar-refractivity contribution in [3.63, 3.8) is 0 Å². The molecule has 0 aliphatic carbocycles. The largest absolute Gasteiger partial charge is 0.103 e. The molecule has 0 rings (SSSR count). The highest BCUT2D eigenvalue weighted by molar-refractivity contribution is 4.98. The molecule has 0 heterocycles. The summed E-state index contributed by atoms with van der Waals surface area (Å²) in [6, 6.07) is 0. The van der Waals surface area contributed by atoms with E-state index >= 15 is 0 Å². The van der Waals surface area contributed by atoms with Gasteiger partial charge in [-0.25, -0.2) is 0 Å². The first-order chi connectivity index (χ1) is 14.7. The minimum Gasteiger partial charge on any atom is -0.103 e. The zero-order valence-corrected chi connectivity index (χ0v) is 21.1. The van der Waals surface area contributed by atoms with Crippen LogP contribution < -0.4 is 0 Å². The summed E-state index contributed by atoms with van der Waals surface area (Å²) in [4.78, 5) is 0. The number of hydrogen-bond acceptors (Lipinski definition) is 0. The summed E-state index contributed by atoms with van der Waals surface area (Å²) in [7, 11) is 0. The quantitative estimate of drug-likeness (QED) is 0.122. The highest BCUT2D eigenvalue weighted by Gasteiger charge is 2.05.